The van der Waals surface area contributed by atoms with Crippen LogP contribution in [-0.4, -0.2) is 41.7 Å². The minimum absolute atomic E-state index is 0.00919. The predicted molar refractivity (Wildman–Crippen MR) is 116 cm³/mol. The maximum absolute atomic E-state index is 13.3. The molecule has 0 radical (unpaired) electrons. The van der Waals surface area contributed by atoms with Gasteiger partial charge in [-0.25, -0.2) is 9.59 Å². The normalized spacial score (nSPS) is 22.0. The van der Waals surface area contributed by atoms with E-state index in [1.165, 1.54) is 0 Å². The SMILES string of the molecule is CCOC(=O)C1(C(=O)OCC)N[C@H](c2ccc(Br)cc2)[C@H]([N+](=O)[O-])[C@H]1c1ccccc1. The fourth-order valence-electron chi connectivity index (χ4n) is 4.12. The van der Waals surface area contributed by atoms with E-state index in [1.54, 1.807) is 68.4 Å². The Hall–Kier alpha value is -2.78. The van der Waals surface area contributed by atoms with Gasteiger partial charge in [0.25, 0.3) is 0 Å². The summed E-state index contributed by atoms with van der Waals surface area (Å²) in [4.78, 5) is 38.4. The first-order valence-corrected chi connectivity index (χ1v) is 10.7. The molecule has 0 spiro atoms. The average molecular weight is 491 g/mol. The van der Waals surface area contributed by atoms with Crippen LogP contribution in [-0.2, 0) is 19.1 Å². The van der Waals surface area contributed by atoms with Gasteiger partial charge in [0.2, 0.25) is 11.6 Å². The van der Waals surface area contributed by atoms with Gasteiger partial charge in [-0.2, -0.15) is 0 Å². The third-order valence-corrected chi connectivity index (χ3v) is 5.89. The molecule has 0 amide bonds. The summed E-state index contributed by atoms with van der Waals surface area (Å²) in [5.41, 5.74) is -1.03. The first-order chi connectivity index (χ1) is 14.9. The molecule has 1 aliphatic rings. The Morgan fingerprint density at radius 2 is 1.55 bits per heavy atom. The highest BCUT2D eigenvalue weighted by atomic mass is 79.9. The lowest BCUT2D eigenvalue weighted by Crippen LogP contribution is -2.60. The van der Waals surface area contributed by atoms with Crippen LogP contribution in [0, 0.1) is 10.1 Å². The number of nitrogens with zero attached hydrogens (tertiary/aromatic N) is 1. The molecule has 1 saturated heterocycles. The van der Waals surface area contributed by atoms with Gasteiger partial charge in [-0.15, -0.1) is 0 Å². The zero-order valence-corrected chi connectivity index (χ0v) is 18.7. The lowest BCUT2D eigenvalue weighted by atomic mass is 9.77. The summed E-state index contributed by atoms with van der Waals surface area (Å²) in [7, 11) is 0. The number of carbonyl (C=O) groups is 2. The Morgan fingerprint density at radius 1 is 1.00 bits per heavy atom. The number of hydrogen-bond acceptors (Lipinski definition) is 7. The maximum atomic E-state index is 13.3. The zero-order chi connectivity index (χ0) is 22.6. The maximum Gasteiger partial charge on any atom is 0.339 e. The second-order valence-corrected chi connectivity index (χ2v) is 8.00. The molecule has 8 nitrogen and oxygen atoms in total. The molecule has 1 N–H and O–H groups in total. The van der Waals surface area contributed by atoms with Gasteiger partial charge in [0.15, 0.2) is 0 Å². The van der Waals surface area contributed by atoms with Crippen molar-refractivity contribution >= 4 is 27.9 Å². The molecule has 3 rings (SSSR count). The number of hydrogen-bond donors (Lipinski definition) is 1. The highest BCUT2D eigenvalue weighted by molar-refractivity contribution is 9.10. The fourth-order valence-corrected chi connectivity index (χ4v) is 4.38. The molecule has 1 fully saturated rings. The van der Waals surface area contributed by atoms with E-state index in [1.807, 2.05) is 0 Å². The highest BCUT2D eigenvalue weighted by Gasteiger charge is 2.69. The molecule has 0 aliphatic carbocycles. The van der Waals surface area contributed by atoms with E-state index in [4.69, 9.17) is 9.47 Å². The quantitative estimate of drug-likeness (QED) is 0.274. The molecule has 3 atom stereocenters. The second kappa shape index (κ2) is 9.57. The summed E-state index contributed by atoms with van der Waals surface area (Å²) in [6.07, 6.45) is 0. The number of ether oxygens (including phenoxy) is 2. The van der Waals surface area contributed by atoms with Crippen LogP contribution in [0.3, 0.4) is 0 Å². The van der Waals surface area contributed by atoms with Gasteiger partial charge in [-0.05, 0) is 37.1 Å². The molecular weight excluding hydrogens is 468 g/mol. The van der Waals surface area contributed by atoms with Crippen LogP contribution in [0.4, 0.5) is 0 Å². The molecule has 1 heterocycles. The highest BCUT2D eigenvalue weighted by Crippen LogP contribution is 2.47. The van der Waals surface area contributed by atoms with Crippen molar-refractivity contribution in [3.8, 4) is 0 Å². The number of halogens is 1. The molecule has 31 heavy (non-hydrogen) atoms. The Labute approximate surface area is 188 Å². The standard InChI is InChI=1S/C22H23BrN2O6/c1-3-30-20(26)22(21(27)31-4-2)17(14-8-6-5-7-9-14)19(25(28)29)18(24-22)15-10-12-16(23)13-11-15/h5-13,17-19,24H,3-4H2,1-2H3/t17-,18-,19-/m1/s1. The Kier molecular flexibility index (Phi) is 7.07. The molecule has 9 heteroatoms. The van der Waals surface area contributed by atoms with Gasteiger partial charge in [-0.1, -0.05) is 58.4 Å². The first-order valence-electron chi connectivity index (χ1n) is 9.92. The average Bonchev–Trinajstić information content (AvgIpc) is 3.13. The van der Waals surface area contributed by atoms with Crippen molar-refractivity contribution in [3.63, 3.8) is 0 Å². The third-order valence-electron chi connectivity index (χ3n) is 5.36. The molecule has 0 aromatic heterocycles. The van der Waals surface area contributed by atoms with E-state index in [-0.39, 0.29) is 13.2 Å². The van der Waals surface area contributed by atoms with E-state index in [0.29, 0.717) is 11.1 Å². The van der Waals surface area contributed by atoms with E-state index in [2.05, 4.69) is 21.2 Å². The summed E-state index contributed by atoms with van der Waals surface area (Å²) in [5.74, 6) is -2.93. The van der Waals surface area contributed by atoms with Crippen LogP contribution >= 0.6 is 15.9 Å². The van der Waals surface area contributed by atoms with E-state index < -0.39 is 40.4 Å². The Morgan fingerprint density at radius 3 is 2.03 bits per heavy atom. The molecule has 0 unspecified atom stereocenters. The van der Waals surface area contributed by atoms with Gasteiger partial charge in [-0.3, -0.25) is 15.4 Å². The van der Waals surface area contributed by atoms with Crippen LogP contribution in [0.1, 0.15) is 36.9 Å². The van der Waals surface area contributed by atoms with Crippen LogP contribution in [0.2, 0.25) is 0 Å². The van der Waals surface area contributed by atoms with E-state index in [0.717, 1.165) is 4.47 Å². The molecule has 164 valence electrons. The van der Waals surface area contributed by atoms with E-state index in [9.17, 15) is 19.7 Å². The zero-order valence-electron chi connectivity index (χ0n) is 17.1. The minimum Gasteiger partial charge on any atom is -0.464 e. The second-order valence-electron chi connectivity index (χ2n) is 7.09. The molecule has 2 aromatic rings. The smallest absolute Gasteiger partial charge is 0.339 e. The van der Waals surface area contributed by atoms with E-state index >= 15 is 0 Å². The predicted octanol–water partition coefficient (Wildman–Crippen LogP) is 3.39. The van der Waals surface area contributed by atoms with Crippen molar-refractivity contribution in [1.82, 2.24) is 5.32 Å². The van der Waals surface area contributed by atoms with Crippen molar-refractivity contribution in [2.24, 2.45) is 0 Å². The number of rotatable bonds is 7. The van der Waals surface area contributed by atoms with Crippen LogP contribution in [0.5, 0.6) is 0 Å². The summed E-state index contributed by atoms with van der Waals surface area (Å²) in [6.45, 7) is 3.24. The van der Waals surface area contributed by atoms with Crippen LogP contribution in [0.25, 0.3) is 0 Å². The number of nitro groups is 1. The van der Waals surface area contributed by atoms with Gasteiger partial charge < -0.3 is 9.47 Å². The van der Waals surface area contributed by atoms with Crippen LogP contribution in [0.15, 0.2) is 59.1 Å². The summed E-state index contributed by atoms with van der Waals surface area (Å²) in [6, 6.07) is 13.2. The topological polar surface area (TPSA) is 108 Å². The number of benzene rings is 2. The number of carbonyl (C=O) groups excluding carboxylic acids is 2. The van der Waals surface area contributed by atoms with Gasteiger partial charge in [0.05, 0.1) is 19.1 Å². The summed E-state index contributed by atoms with van der Waals surface area (Å²) >= 11 is 3.35. The molecule has 2 aromatic carbocycles. The molecule has 1 aliphatic heterocycles. The number of esters is 2. The Bertz CT molecular complexity index is 932. The molecule has 0 saturated carbocycles. The minimum atomic E-state index is -2.07. The lowest BCUT2D eigenvalue weighted by Gasteiger charge is -2.30. The lowest BCUT2D eigenvalue weighted by molar-refractivity contribution is -0.527. The van der Waals surface area contributed by atoms with Gasteiger partial charge >= 0.3 is 11.9 Å². The molecule has 0 bridgehead atoms. The van der Waals surface area contributed by atoms with Crippen molar-refractivity contribution in [3.05, 3.63) is 80.3 Å². The van der Waals surface area contributed by atoms with Crippen molar-refractivity contribution in [2.45, 2.75) is 37.4 Å². The van der Waals surface area contributed by atoms with Crippen molar-refractivity contribution in [2.75, 3.05) is 13.2 Å². The van der Waals surface area contributed by atoms with Gasteiger partial charge in [0.1, 0.15) is 6.04 Å². The van der Waals surface area contributed by atoms with Gasteiger partial charge in [0, 0.05) is 9.40 Å². The van der Waals surface area contributed by atoms with Crippen molar-refractivity contribution < 1.29 is 24.0 Å². The van der Waals surface area contributed by atoms with Crippen LogP contribution < -0.4 is 5.32 Å². The summed E-state index contributed by atoms with van der Waals surface area (Å²) in [5, 5.41) is 15.3. The largest absolute Gasteiger partial charge is 0.464 e. The number of nitrogens with one attached hydrogen (secondary N) is 1. The first kappa shape index (κ1) is 22.9. The Balaban J connectivity index is 2.26. The fraction of sp³-hybridized carbons (Fsp3) is 0.364. The summed E-state index contributed by atoms with van der Waals surface area (Å²) < 4.78 is 11.3. The van der Waals surface area contributed by atoms with Crippen molar-refractivity contribution in [1.29, 1.82) is 0 Å². The third kappa shape index (κ3) is 4.20. The monoisotopic (exact) mass is 490 g/mol. The molecular formula is C22H23BrN2O6.